The lowest BCUT2D eigenvalue weighted by molar-refractivity contribution is 0.472. The third-order valence-corrected chi connectivity index (χ3v) is 6.63. The molecule has 2 unspecified atom stereocenters. The average Bonchev–Trinajstić information content (AvgIpc) is 2.77. The van der Waals surface area contributed by atoms with Gasteiger partial charge in [0.05, 0.1) is 0 Å². The van der Waals surface area contributed by atoms with Gasteiger partial charge in [0.25, 0.3) is 0 Å². The predicted molar refractivity (Wildman–Crippen MR) is 149 cm³/mol. The predicted octanol–water partition coefficient (Wildman–Crippen LogP) is 12.4. The van der Waals surface area contributed by atoms with Crippen molar-refractivity contribution in [2.75, 3.05) is 0 Å². The molecule has 0 saturated heterocycles. The highest BCUT2D eigenvalue weighted by molar-refractivity contribution is 4.51. The van der Waals surface area contributed by atoms with E-state index in [4.69, 9.17) is 0 Å². The molecule has 31 heavy (non-hydrogen) atoms. The third-order valence-electron chi connectivity index (χ3n) is 6.63. The highest BCUT2D eigenvalue weighted by atomic mass is 14.0. The molecule has 0 nitrogen and oxygen atoms in total. The van der Waals surface area contributed by atoms with E-state index in [0.29, 0.717) is 0 Å². The number of hydrogen-bond donors (Lipinski definition) is 0. The maximum Gasteiger partial charge on any atom is -0.0445 e. The molecule has 0 amide bonds. The molecule has 0 aromatic carbocycles. The van der Waals surface area contributed by atoms with Gasteiger partial charge in [-0.1, -0.05) is 184 Å². The molecule has 2 atom stereocenters. The summed E-state index contributed by atoms with van der Waals surface area (Å²) in [4.78, 5) is 0. The zero-order valence-corrected chi connectivity index (χ0v) is 24.2. The summed E-state index contributed by atoms with van der Waals surface area (Å²) in [6.45, 7) is 20.7. The van der Waals surface area contributed by atoms with Crippen LogP contribution in [-0.4, -0.2) is 0 Å². The molecule has 0 radical (unpaired) electrons. The Morgan fingerprint density at radius 3 is 1.03 bits per heavy atom. The molecule has 0 aliphatic heterocycles. The number of hydrogen-bond acceptors (Lipinski definition) is 0. The van der Waals surface area contributed by atoms with Gasteiger partial charge in [-0.15, -0.1) is 0 Å². The Morgan fingerprint density at radius 1 is 0.355 bits per heavy atom. The first-order chi connectivity index (χ1) is 14.9. The molecule has 0 aromatic rings. The SMILES string of the molecule is CCCCC(C)CC.CCCCCCCCC(C)C.CCCCCCCCC(C)CC. The van der Waals surface area contributed by atoms with Crippen molar-refractivity contribution in [2.45, 2.75) is 184 Å². The molecule has 192 valence electrons. The molecular formula is C31H68. The van der Waals surface area contributed by atoms with E-state index < -0.39 is 0 Å². The smallest absolute Gasteiger partial charge is 0.0445 e. The van der Waals surface area contributed by atoms with Crippen LogP contribution in [0.15, 0.2) is 0 Å². The van der Waals surface area contributed by atoms with Crippen LogP contribution < -0.4 is 0 Å². The van der Waals surface area contributed by atoms with E-state index in [0.717, 1.165) is 17.8 Å². The zero-order chi connectivity index (χ0) is 24.2. The van der Waals surface area contributed by atoms with Gasteiger partial charge >= 0.3 is 0 Å². The van der Waals surface area contributed by atoms with Gasteiger partial charge in [0.15, 0.2) is 0 Å². The molecular weight excluding hydrogens is 372 g/mol. The Kier molecular flexibility index (Phi) is 36.9. The Bertz CT molecular complexity index is 267. The second kappa shape index (κ2) is 32.2. The van der Waals surface area contributed by atoms with E-state index in [9.17, 15) is 0 Å². The highest BCUT2D eigenvalue weighted by Crippen LogP contribution is 2.14. The van der Waals surface area contributed by atoms with Gasteiger partial charge in [-0.3, -0.25) is 0 Å². The minimum absolute atomic E-state index is 0.904. The van der Waals surface area contributed by atoms with E-state index >= 15 is 0 Å². The third kappa shape index (κ3) is 40.8. The van der Waals surface area contributed by atoms with Gasteiger partial charge in [-0.25, -0.2) is 0 Å². The van der Waals surface area contributed by atoms with Crippen molar-refractivity contribution >= 4 is 0 Å². The molecule has 0 aliphatic rings. The number of rotatable bonds is 19. The quantitative estimate of drug-likeness (QED) is 0.175. The van der Waals surface area contributed by atoms with Crippen LogP contribution in [0.5, 0.6) is 0 Å². The first kappa shape index (κ1) is 35.6. The van der Waals surface area contributed by atoms with Crippen molar-refractivity contribution in [3.8, 4) is 0 Å². The summed E-state index contributed by atoms with van der Waals surface area (Å²) in [7, 11) is 0. The summed E-state index contributed by atoms with van der Waals surface area (Å²) >= 11 is 0. The number of unbranched alkanes of at least 4 members (excludes halogenated alkanes) is 11. The summed E-state index contributed by atoms with van der Waals surface area (Å²) in [5, 5.41) is 0. The Balaban J connectivity index is -0.000000387. The lowest BCUT2D eigenvalue weighted by atomic mass is 10.00. The standard InChI is InChI=1S/C12H26.C11H24.C8H18/c1-4-6-7-8-9-10-11-12(3)5-2;1-4-5-6-7-8-9-10-11(2)3;1-4-6-7-8(3)5-2/h12H,4-11H2,1-3H3;11H,4-10H2,1-3H3;8H,4-7H2,1-3H3. The van der Waals surface area contributed by atoms with Crippen LogP contribution >= 0.6 is 0 Å². The fraction of sp³-hybridized carbons (Fsp3) is 1.00. The largest absolute Gasteiger partial charge is 0.0654 e. The van der Waals surface area contributed by atoms with Crippen molar-refractivity contribution in [3.63, 3.8) is 0 Å². The first-order valence-corrected chi connectivity index (χ1v) is 14.9. The van der Waals surface area contributed by atoms with Gasteiger partial charge in [-0.05, 0) is 17.8 Å². The minimum Gasteiger partial charge on any atom is -0.0654 e. The Labute approximate surface area is 202 Å². The maximum absolute atomic E-state index is 2.37. The van der Waals surface area contributed by atoms with Crippen molar-refractivity contribution in [1.82, 2.24) is 0 Å². The van der Waals surface area contributed by atoms with Crippen LogP contribution in [0.1, 0.15) is 184 Å². The zero-order valence-electron chi connectivity index (χ0n) is 24.2. The van der Waals surface area contributed by atoms with E-state index in [2.05, 4.69) is 62.3 Å². The van der Waals surface area contributed by atoms with Gasteiger partial charge in [0.1, 0.15) is 0 Å². The lowest BCUT2D eigenvalue weighted by Gasteiger charge is -2.06. The van der Waals surface area contributed by atoms with Gasteiger partial charge in [0, 0.05) is 0 Å². The van der Waals surface area contributed by atoms with Crippen molar-refractivity contribution in [1.29, 1.82) is 0 Å². The summed E-state index contributed by atoms with van der Waals surface area (Å²) in [6, 6.07) is 0. The van der Waals surface area contributed by atoms with Crippen LogP contribution in [-0.2, 0) is 0 Å². The summed E-state index contributed by atoms with van der Waals surface area (Å²) < 4.78 is 0. The second-order valence-corrected chi connectivity index (χ2v) is 10.7. The molecule has 0 saturated carbocycles. The van der Waals surface area contributed by atoms with Crippen molar-refractivity contribution in [2.24, 2.45) is 17.8 Å². The van der Waals surface area contributed by atoms with Gasteiger partial charge in [0.2, 0.25) is 0 Å². The van der Waals surface area contributed by atoms with E-state index in [1.54, 1.807) is 0 Å². The van der Waals surface area contributed by atoms with Crippen LogP contribution in [0, 0.1) is 17.8 Å². The normalized spacial score (nSPS) is 12.6. The fourth-order valence-corrected chi connectivity index (χ4v) is 3.57. The topological polar surface area (TPSA) is 0 Å². The first-order valence-electron chi connectivity index (χ1n) is 14.9. The van der Waals surface area contributed by atoms with Crippen molar-refractivity contribution < 1.29 is 0 Å². The Morgan fingerprint density at radius 2 is 0.677 bits per heavy atom. The molecule has 0 heteroatoms. The Hall–Kier alpha value is 0. The fourth-order valence-electron chi connectivity index (χ4n) is 3.57. The molecule has 0 heterocycles. The second-order valence-electron chi connectivity index (χ2n) is 10.7. The van der Waals surface area contributed by atoms with E-state index in [-0.39, 0.29) is 0 Å². The van der Waals surface area contributed by atoms with Crippen LogP contribution in [0.2, 0.25) is 0 Å². The monoisotopic (exact) mass is 441 g/mol. The van der Waals surface area contributed by atoms with Gasteiger partial charge < -0.3 is 0 Å². The summed E-state index contributed by atoms with van der Waals surface area (Å²) in [6.07, 6.45) is 27.0. The summed E-state index contributed by atoms with van der Waals surface area (Å²) in [5.74, 6) is 2.81. The maximum atomic E-state index is 2.37. The molecule has 0 fully saturated rings. The molecule has 0 aromatic heterocycles. The molecule has 0 rings (SSSR count). The highest BCUT2D eigenvalue weighted by Gasteiger charge is 1.97. The molecule has 0 N–H and O–H groups in total. The van der Waals surface area contributed by atoms with Crippen LogP contribution in [0.4, 0.5) is 0 Å². The molecule has 0 spiro atoms. The van der Waals surface area contributed by atoms with Crippen molar-refractivity contribution in [3.05, 3.63) is 0 Å². The van der Waals surface area contributed by atoms with Crippen LogP contribution in [0.3, 0.4) is 0 Å². The van der Waals surface area contributed by atoms with E-state index in [1.165, 1.54) is 122 Å². The van der Waals surface area contributed by atoms with Gasteiger partial charge in [-0.2, -0.15) is 0 Å². The average molecular weight is 441 g/mol. The lowest BCUT2D eigenvalue weighted by Crippen LogP contribution is -1.91. The molecule has 0 aliphatic carbocycles. The van der Waals surface area contributed by atoms with Crippen LogP contribution in [0.25, 0.3) is 0 Å². The van der Waals surface area contributed by atoms with E-state index in [1.807, 2.05) is 0 Å². The minimum atomic E-state index is 0.904. The molecule has 0 bridgehead atoms. The summed E-state index contributed by atoms with van der Waals surface area (Å²) in [5.41, 5.74) is 0.